The number of fused-ring (bicyclic) bond motifs is 6. The number of nitrogens with one attached hydrogen (secondary N) is 1. The van der Waals surface area contributed by atoms with Gasteiger partial charge in [0.1, 0.15) is 23.0 Å². The maximum Gasteiger partial charge on any atom is 0.143 e. The Morgan fingerprint density at radius 1 is 0.971 bits per heavy atom. The van der Waals surface area contributed by atoms with Crippen molar-refractivity contribution in [1.29, 1.82) is 0 Å². The Bertz CT molecular complexity index is 1350. The molecule has 2 aliphatic rings. The van der Waals surface area contributed by atoms with Crippen LogP contribution in [0.15, 0.2) is 48.7 Å². The van der Waals surface area contributed by atoms with Crippen LogP contribution in [-0.2, 0) is 0 Å². The quantitative estimate of drug-likeness (QED) is 0.457. The summed E-state index contributed by atoms with van der Waals surface area (Å²) in [6, 6.07) is 13.0. The summed E-state index contributed by atoms with van der Waals surface area (Å²) in [6.45, 7) is 4.86. The van der Waals surface area contributed by atoms with Gasteiger partial charge in [-0.1, -0.05) is 12.1 Å². The minimum Gasteiger partial charge on any atom is -0.493 e. The van der Waals surface area contributed by atoms with E-state index in [-0.39, 0.29) is 5.82 Å². The van der Waals surface area contributed by atoms with E-state index in [0.717, 1.165) is 59.8 Å². The van der Waals surface area contributed by atoms with Crippen LogP contribution in [0, 0.1) is 5.82 Å². The zero-order valence-electron chi connectivity index (χ0n) is 19.1. The Morgan fingerprint density at radius 2 is 1.79 bits per heavy atom. The van der Waals surface area contributed by atoms with Gasteiger partial charge in [0.05, 0.1) is 41.9 Å². The largest absolute Gasteiger partial charge is 0.493 e. The van der Waals surface area contributed by atoms with Crippen LogP contribution in [0.4, 0.5) is 10.1 Å². The van der Waals surface area contributed by atoms with Crippen LogP contribution >= 0.6 is 0 Å². The second-order valence-electron chi connectivity index (χ2n) is 8.82. The summed E-state index contributed by atoms with van der Waals surface area (Å²) < 4.78 is 27.1. The standard InChI is InChI=1S/C26H26FN5O2/c1-31-8-10-32(11-9-31)22-7-6-17-14-24(22)34-13-3-12-33-23-5-2-4-19(27)25(23)20-15-18-21(16-28-20)29-30-26(17)18/h2,4-7,14-16H,3,8-13H2,1H3,(H,29,30). The van der Waals surface area contributed by atoms with Gasteiger partial charge >= 0.3 is 0 Å². The van der Waals surface area contributed by atoms with E-state index in [9.17, 15) is 4.39 Å². The molecule has 174 valence electrons. The summed E-state index contributed by atoms with van der Waals surface area (Å²) in [7, 11) is 2.15. The predicted octanol–water partition coefficient (Wildman–Crippen LogP) is 4.34. The number of hydrogen-bond donors (Lipinski definition) is 1. The van der Waals surface area contributed by atoms with Crippen LogP contribution < -0.4 is 14.4 Å². The fourth-order valence-electron chi connectivity index (χ4n) is 4.66. The zero-order chi connectivity index (χ0) is 23.1. The summed E-state index contributed by atoms with van der Waals surface area (Å²) >= 11 is 0. The Kier molecular flexibility index (Phi) is 5.30. The van der Waals surface area contributed by atoms with E-state index in [2.05, 4.69) is 50.2 Å². The lowest BCUT2D eigenvalue weighted by atomic mass is 10.0. The van der Waals surface area contributed by atoms with Crippen molar-refractivity contribution in [2.24, 2.45) is 0 Å². The molecule has 2 aliphatic heterocycles. The number of aromatic amines is 1. The van der Waals surface area contributed by atoms with Crippen molar-refractivity contribution in [2.75, 3.05) is 51.3 Å². The summed E-state index contributed by atoms with van der Waals surface area (Å²) in [4.78, 5) is 9.21. The van der Waals surface area contributed by atoms with Gasteiger partial charge in [-0.15, -0.1) is 0 Å². The highest BCUT2D eigenvalue weighted by atomic mass is 19.1. The molecule has 1 saturated heterocycles. The van der Waals surface area contributed by atoms with Gasteiger partial charge in [0.25, 0.3) is 0 Å². The van der Waals surface area contributed by atoms with Crippen LogP contribution in [0.5, 0.6) is 11.5 Å². The van der Waals surface area contributed by atoms with Crippen LogP contribution in [0.25, 0.3) is 33.4 Å². The number of ether oxygens (including phenoxy) is 2. The molecular weight excluding hydrogens is 433 g/mol. The average Bonchev–Trinajstić information content (AvgIpc) is 3.27. The molecule has 0 saturated carbocycles. The van der Waals surface area contributed by atoms with E-state index in [1.807, 2.05) is 6.07 Å². The molecule has 0 spiro atoms. The number of nitrogens with zero attached hydrogens (tertiary/aromatic N) is 4. The van der Waals surface area contributed by atoms with Crippen molar-refractivity contribution >= 4 is 16.6 Å². The van der Waals surface area contributed by atoms with Gasteiger partial charge < -0.3 is 19.3 Å². The summed E-state index contributed by atoms with van der Waals surface area (Å²) in [5.74, 6) is 0.957. The lowest BCUT2D eigenvalue weighted by molar-refractivity contribution is 0.247. The molecule has 6 rings (SSSR count). The molecule has 0 aliphatic carbocycles. The lowest BCUT2D eigenvalue weighted by Crippen LogP contribution is -2.44. The number of halogens is 1. The zero-order valence-corrected chi connectivity index (χ0v) is 19.1. The predicted molar refractivity (Wildman–Crippen MR) is 130 cm³/mol. The molecular formula is C26H26FN5O2. The van der Waals surface area contributed by atoms with E-state index in [1.54, 1.807) is 18.3 Å². The third-order valence-electron chi connectivity index (χ3n) is 6.56. The maximum absolute atomic E-state index is 14.9. The second kappa shape index (κ2) is 8.61. The van der Waals surface area contributed by atoms with Crippen molar-refractivity contribution < 1.29 is 13.9 Å². The molecule has 1 fully saturated rings. The summed E-state index contributed by atoms with van der Waals surface area (Å²) in [5, 5.41) is 8.50. The van der Waals surface area contributed by atoms with Gasteiger partial charge in [-0.25, -0.2) is 4.39 Å². The Balaban J connectivity index is 1.48. The minimum absolute atomic E-state index is 0.362. The lowest BCUT2D eigenvalue weighted by Gasteiger charge is -2.35. The molecule has 2 aromatic heterocycles. The molecule has 4 bridgehead atoms. The van der Waals surface area contributed by atoms with Crippen LogP contribution in [-0.4, -0.2) is 66.5 Å². The molecule has 4 aromatic rings. The van der Waals surface area contributed by atoms with Crippen molar-refractivity contribution in [3.8, 4) is 34.0 Å². The van der Waals surface area contributed by atoms with Gasteiger partial charge in [0.2, 0.25) is 0 Å². The number of piperazine rings is 1. The number of H-pyrrole nitrogens is 1. The molecule has 0 unspecified atom stereocenters. The first-order chi connectivity index (χ1) is 16.7. The third-order valence-corrected chi connectivity index (χ3v) is 6.56. The monoisotopic (exact) mass is 459 g/mol. The molecule has 4 heterocycles. The van der Waals surface area contributed by atoms with Crippen LogP contribution in [0.2, 0.25) is 0 Å². The Labute approximate surface area is 197 Å². The number of hydrogen-bond acceptors (Lipinski definition) is 6. The Morgan fingerprint density at radius 3 is 2.65 bits per heavy atom. The fourth-order valence-corrected chi connectivity index (χ4v) is 4.66. The van der Waals surface area contributed by atoms with Crippen molar-refractivity contribution in [2.45, 2.75) is 6.42 Å². The summed E-state index contributed by atoms with van der Waals surface area (Å²) in [6.07, 6.45) is 2.36. The minimum atomic E-state index is -0.364. The molecule has 0 radical (unpaired) electrons. The highest BCUT2D eigenvalue weighted by Gasteiger charge is 2.21. The molecule has 7 nitrogen and oxygen atoms in total. The Hall–Kier alpha value is -3.65. The number of aromatic nitrogens is 3. The highest BCUT2D eigenvalue weighted by molar-refractivity contribution is 5.95. The van der Waals surface area contributed by atoms with Crippen LogP contribution in [0.3, 0.4) is 0 Å². The van der Waals surface area contributed by atoms with Gasteiger partial charge in [-0.3, -0.25) is 10.1 Å². The average molecular weight is 460 g/mol. The van der Waals surface area contributed by atoms with Crippen molar-refractivity contribution in [1.82, 2.24) is 20.1 Å². The first-order valence-corrected chi connectivity index (χ1v) is 11.6. The molecule has 0 atom stereocenters. The van der Waals surface area contributed by atoms with Crippen molar-refractivity contribution in [3.63, 3.8) is 0 Å². The first kappa shape index (κ1) is 20.9. The maximum atomic E-state index is 14.9. The second-order valence-corrected chi connectivity index (χ2v) is 8.82. The van der Waals surface area contributed by atoms with E-state index in [1.165, 1.54) is 6.07 Å². The fraction of sp³-hybridized carbons (Fsp3) is 0.308. The van der Waals surface area contributed by atoms with Gasteiger partial charge in [-0.05, 0) is 37.4 Å². The summed E-state index contributed by atoms with van der Waals surface area (Å²) in [5.41, 5.74) is 4.49. The molecule has 34 heavy (non-hydrogen) atoms. The molecule has 2 aromatic carbocycles. The van der Waals surface area contributed by atoms with Gasteiger partial charge in [-0.2, -0.15) is 5.10 Å². The molecule has 0 amide bonds. The van der Waals surface area contributed by atoms with E-state index < -0.39 is 0 Å². The molecule has 1 N–H and O–H groups in total. The number of anilines is 1. The van der Waals surface area contributed by atoms with E-state index in [0.29, 0.717) is 36.6 Å². The first-order valence-electron chi connectivity index (χ1n) is 11.6. The third kappa shape index (κ3) is 3.74. The van der Waals surface area contributed by atoms with Crippen molar-refractivity contribution in [3.05, 3.63) is 54.5 Å². The van der Waals surface area contributed by atoms with E-state index >= 15 is 0 Å². The van der Waals surface area contributed by atoms with Gasteiger partial charge in [0, 0.05) is 43.5 Å². The van der Waals surface area contributed by atoms with E-state index in [4.69, 9.17) is 9.47 Å². The highest BCUT2D eigenvalue weighted by Crippen LogP contribution is 2.38. The number of benzene rings is 2. The topological polar surface area (TPSA) is 66.5 Å². The van der Waals surface area contributed by atoms with Crippen LogP contribution in [0.1, 0.15) is 6.42 Å². The normalized spacial score (nSPS) is 16.6. The smallest absolute Gasteiger partial charge is 0.143 e. The molecule has 8 heteroatoms. The number of pyridine rings is 1. The number of rotatable bonds is 1. The number of likely N-dealkylation sites (N-methyl/N-ethyl adjacent to an activating group) is 1. The SMILES string of the molecule is CN1CCN(c2ccc3cc2OCCCOc2cccc(F)c2-c2cc4c-3n[nH]c4cn2)CC1. The van der Waals surface area contributed by atoms with Gasteiger partial charge in [0.15, 0.2) is 0 Å².